The SMILES string of the molecule is COC(C)CNC(=O)N(C)C. The van der Waals surface area contributed by atoms with Crippen LogP contribution < -0.4 is 5.32 Å². The number of carbonyl (C=O) groups excluding carboxylic acids is 1. The number of urea groups is 1. The van der Waals surface area contributed by atoms with Gasteiger partial charge in [0.1, 0.15) is 0 Å². The minimum Gasteiger partial charge on any atom is -0.380 e. The number of hydrogen-bond donors (Lipinski definition) is 1. The number of nitrogens with one attached hydrogen (secondary N) is 1. The summed E-state index contributed by atoms with van der Waals surface area (Å²) in [7, 11) is 5.02. The van der Waals surface area contributed by atoms with Gasteiger partial charge in [-0.05, 0) is 6.92 Å². The maximum atomic E-state index is 10.9. The molecule has 0 saturated heterocycles. The molecule has 1 atom stereocenters. The number of amides is 2. The molecule has 0 aliphatic rings. The van der Waals surface area contributed by atoms with Crippen molar-refractivity contribution in [3.05, 3.63) is 0 Å². The van der Waals surface area contributed by atoms with Crippen LogP contribution in [0.1, 0.15) is 6.92 Å². The molecule has 0 aliphatic heterocycles. The third-order valence-corrected chi connectivity index (χ3v) is 1.35. The second kappa shape index (κ2) is 4.96. The molecule has 11 heavy (non-hydrogen) atoms. The standard InChI is InChI=1S/C7H16N2O2/c1-6(11-4)5-8-7(10)9(2)3/h6H,5H2,1-4H3,(H,8,10). The van der Waals surface area contributed by atoms with Crippen molar-refractivity contribution in [3.8, 4) is 0 Å². The van der Waals surface area contributed by atoms with Gasteiger partial charge < -0.3 is 15.0 Å². The van der Waals surface area contributed by atoms with Crippen LogP contribution in [0.3, 0.4) is 0 Å². The highest BCUT2D eigenvalue weighted by atomic mass is 16.5. The Labute approximate surface area is 67.5 Å². The van der Waals surface area contributed by atoms with Crippen molar-refractivity contribution in [3.63, 3.8) is 0 Å². The fourth-order valence-electron chi connectivity index (χ4n) is 0.472. The molecule has 0 aromatic heterocycles. The van der Waals surface area contributed by atoms with Crippen LogP contribution in [-0.2, 0) is 4.74 Å². The summed E-state index contributed by atoms with van der Waals surface area (Å²) in [6.07, 6.45) is 0.0684. The topological polar surface area (TPSA) is 41.6 Å². The van der Waals surface area contributed by atoms with Crippen molar-refractivity contribution in [2.45, 2.75) is 13.0 Å². The Morgan fingerprint density at radius 1 is 1.64 bits per heavy atom. The predicted octanol–water partition coefficient (Wildman–Crippen LogP) is 0.293. The summed E-state index contributed by atoms with van der Waals surface area (Å²) in [5, 5.41) is 2.69. The van der Waals surface area contributed by atoms with Crippen LogP contribution in [0.4, 0.5) is 4.79 Å². The number of rotatable bonds is 3. The lowest BCUT2D eigenvalue weighted by atomic mass is 10.4. The van der Waals surface area contributed by atoms with E-state index in [2.05, 4.69) is 5.32 Å². The van der Waals surface area contributed by atoms with Gasteiger partial charge in [0, 0.05) is 27.7 Å². The van der Waals surface area contributed by atoms with E-state index in [1.54, 1.807) is 21.2 Å². The Morgan fingerprint density at radius 2 is 2.18 bits per heavy atom. The summed E-state index contributed by atoms with van der Waals surface area (Å²) >= 11 is 0. The van der Waals surface area contributed by atoms with Crippen molar-refractivity contribution >= 4 is 6.03 Å². The van der Waals surface area contributed by atoms with Crippen molar-refractivity contribution < 1.29 is 9.53 Å². The quantitative estimate of drug-likeness (QED) is 0.645. The second-order valence-electron chi connectivity index (χ2n) is 2.63. The number of carbonyl (C=O) groups is 1. The minimum absolute atomic E-state index is 0.0684. The summed E-state index contributed by atoms with van der Waals surface area (Å²) in [6.45, 7) is 2.45. The van der Waals surface area contributed by atoms with Gasteiger partial charge in [0.2, 0.25) is 0 Å². The van der Waals surface area contributed by atoms with E-state index in [-0.39, 0.29) is 12.1 Å². The Morgan fingerprint density at radius 3 is 2.55 bits per heavy atom. The van der Waals surface area contributed by atoms with Crippen LogP contribution in [0.15, 0.2) is 0 Å². The maximum absolute atomic E-state index is 10.9. The predicted molar refractivity (Wildman–Crippen MR) is 43.6 cm³/mol. The molecule has 0 saturated carbocycles. The lowest BCUT2D eigenvalue weighted by molar-refractivity contribution is 0.117. The van der Waals surface area contributed by atoms with Crippen LogP contribution in [-0.4, -0.2) is 44.8 Å². The maximum Gasteiger partial charge on any atom is 0.316 e. The first-order valence-corrected chi connectivity index (χ1v) is 3.56. The molecule has 0 radical (unpaired) electrons. The Bertz CT molecular complexity index is 126. The zero-order valence-corrected chi connectivity index (χ0v) is 7.55. The largest absolute Gasteiger partial charge is 0.380 e. The highest BCUT2D eigenvalue weighted by molar-refractivity contribution is 5.73. The zero-order valence-electron chi connectivity index (χ0n) is 7.55. The number of methoxy groups -OCH3 is 1. The van der Waals surface area contributed by atoms with Crippen LogP contribution in [0.5, 0.6) is 0 Å². The average molecular weight is 160 g/mol. The molecular formula is C7H16N2O2. The number of ether oxygens (including phenoxy) is 1. The zero-order chi connectivity index (χ0) is 8.85. The Kier molecular flexibility index (Phi) is 4.61. The first-order chi connectivity index (χ1) is 5.07. The molecule has 1 N–H and O–H groups in total. The molecule has 0 aromatic carbocycles. The molecule has 0 aliphatic carbocycles. The van der Waals surface area contributed by atoms with Gasteiger partial charge in [0.15, 0.2) is 0 Å². The minimum atomic E-state index is -0.0890. The molecule has 4 nitrogen and oxygen atoms in total. The summed E-state index contributed by atoms with van der Waals surface area (Å²) < 4.78 is 4.95. The number of hydrogen-bond acceptors (Lipinski definition) is 2. The Hall–Kier alpha value is -0.770. The third-order valence-electron chi connectivity index (χ3n) is 1.35. The molecular weight excluding hydrogens is 144 g/mol. The lowest BCUT2D eigenvalue weighted by Gasteiger charge is -2.14. The van der Waals surface area contributed by atoms with E-state index in [1.807, 2.05) is 6.92 Å². The first kappa shape index (κ1) is 10.2. The number of nitrogens with zero attached hydrogens (tertiary/aromatic N) is 1. The highest BCUT2D eigenvalue weighted by Gasteiger charge is 2.04. The van der Waals surface area contributed by atoms with E-state index in [9.17, 15) is 4.79 Å². The van der Waals surface area contributed by atoms with Crippen LogP contribution in [0.2, 0.25) is 0 Å². The third kappa shape index (κ3) is 4.61. The molecule has 0 rings (SSSR count). The highest BCUT2D eigenvalue weighted by Crippen LogP contribution is 1.84. The van der Waals surface area contributed by atoms with Crippen molar-refractivity contribution in [2.75, 3.05) is 27.7 Å². The van der Waals surface area contributed by atoms with E-state index in [0.29, 0.717) is 6.54 Å². The lowest BCUT2D eigenvalue weighted by Crippen LogP contribution is -2.38. The molecule has 0 spiro atoms. The van der Waals surface area contributed by atoms with E-state index < -0.39 is 0 Å². The fraction of sp³-hybridized carbons (Fsp3) is 0.857. The molecule has 1 unspecified atom stereocenters. The molecule has 66 valence electrons. The van der Waals surface area contributed by atoms with Gasteiger partial charge >= 0.3 is 6.03 Å². The van der Waals surface area contributed by atoms with Gasteiger partial charge in [-0.1, -0.05) is 0 Å². The molecule has 0 bridgehead atoms. The van der Waals surface area contributed by atoms with E-state index in [4.69, 9.17) is 4.74 Å². The molecule has 0 heterocycles. The van der Waals surface area contributed by atoms with Crippen LogP contribution in [0, 0.1) is 0 Å². The van der Waals surface area contributed by atoms with Gasteiger partial charge in [-0.2, -0.15) is 0 Å². The van der Waals surface area contributed by atoms with Crippen molar-refractivity contribution in [2.24, 2.45) is 0 Å². The molecule has 0 aromatic rings. The van der Waals surface area contributed by atoms with Gasteiger partial charge in [-0.15, -0.1) is 0 Å². The van der Waals surface area contributed by atoms with Crippen molar-refractivity contribution in [1.29, 1.82) is 0 Å². The Balaban J connectivity index is 3.46. The molecule has 4 heteroatoms. The van der Waals surface area contributed by atoms with E-state index in [0.717, 1.165) is 0 Å². The van der Waals surface area contributed by atoms with Crippen LogP contribution >= 0.6 is 0 Å². The first-order valence-electron chi connectivity index (χ1n) is 3.56. The monoisotopic (exact) mass is 160 g/mol. The van der Waals surface area contributed by atoms with E-state index in [1.165, 1.54) is 4.90 Å². The van der Waals surface area contributed by atoms with Gasteiger partial charge in [0.25, 0.3) is 0 Å². The summed E-state index contributed by atoms with van der Waals surface area (Å²) in [5.74, 6) is 0. The van der Waals surface area contributed by atoms with E-state index >= 15 is 0 Å². The normalized spacial score (nSPS) is 12.4. The summed E-state index contributed by atoms with van der Waals surface area (Å²) in [5.41, 5.74) is 0. The van der Waals surface area contributed by atoms with Gasteiger partial charge in [-0.3, -0.25) is 0 Å². The summed E-state index contributed by atoms with van der Waals surface area (Å²) in [4.78, 5) is 12.4. The van der Waals surface area contributed by atoms with Gasteiger partial charge in [0.05, 0.1) is 6.10 Å². The van der Waals surface area contributed by atoms with Crippen LogP contribution in [0.25, 0.3) is 0 Å². The average Bonchev–Trinajstić information content (AvgIpc) is 1.99. The van der Waals surface area contributed by atoms with Crippen molar-refractivity contribution in [1.82, 2.24) is 10.2 Å². The smallest absolute Gasteiger partial charge is 0.316 e. The molecule has 2 amide bonds. The second-order valence-corrected chi connectivity index (χ2v) is 2.63. The fourth-order valence-corrected chi connectivity index (χ4v) is 0.472. The molecule has 0 fully saturated rings. The van der Waals surface area contributed by atoms with Gasteiger partial charge in [-0.25, -0.2) is 4.79 Å². The summed E-state index contributed by atoms with van der Waals surface area (Å²) in [6, 6.07) is -0.0890.